The molecule has 1 heterocycles. The number of rotatable bonds is 11. The summed E-state index contributed by atoms with van der Waals surface area (Å²) in [5, 5.41) is 16.0. The fraction of sp³-hybridized carbons (Fsp3) is 0.615. The van der Waals surface area contributed by atoms with Crippen molar-refractivity contribution in [1.82, 2.24) is 20.6 Å². The van der Waals surface area contributed by atoms with Gasteiger partial charge in [0.15, 0.2) is 0 Å². The normalized spacial score (nSPS) is 16.2. The van der Waals surface area contributed by atoms with E-state index in [0.29, 0.717) is 43.0 Å². The zero-order valence-corrected chi connectivity index (χ0v) is 21.3. The number of hydrogen-bond donors (Lipinski definition) is 3. The van der Waals surface area contributed by atoms with E-state index in [1.807, 2.05) is 45.9 Å². The molecule has 4 amide bonds. The number of carbonyl (C=O) groups excluding carboxylic acids is 4. The van der Waals surface area contributed by atoms with Crippen LogP contribution in [-0.4, -0.2) is 71.0 Å². The topological polar surface area (TPSA) is 119 Å². The van der Waals surface area contributed by atoms with Crippen LogP contribution in [0.3, 0.4) is 0 Å². The number of hydroxylamine groups is 2. The van der Waals surface area contributed by atoms with Crippen molar-refractivity contribution in [3.63, 3.8) is 0 Å². The van der Waals surface area contributed by atoms with Crippen LogP contribution >= 0.6 is 0 Å². The van der Waals surface area contributed by atoms with Gasteiger partial charge < -0.3 is 15.5 Å². The molecule has 0 bridgehead atoms. The summed E-state index contributed by atoms with van der Waals surface area (Å²) in [6.45, 7) is 8.53. The maximum Gasteiger partial charge on any atom is 0.251 e. The molecule has 1 aromatic carbocycles. The Balaban J connectivity index is 2.00. The van der Waals surface area contributed by atoms with Crippen LogP contribution in [0.15, 0.2) is 30.3 Å². The van der Waals surface area contributed by atoms with Crippen LogP contribution in [0, 0.1) is 11.3 Å². The molecule has 9 nitrogen and oxygen atoms in total. The van der Waals surface area contributed by atoms with Gasteiger partial charge >= 0.3 is 0 Å². The van der Waals surface area contributed by atoms with Crippen LogP contribution in [0.1, 0.15) is 70.2 Å². The highest BCUT2D eigenvalue weighted by molar-refractivity contribution is 5.94. The Morgan fingerprint density at radius 3 is 2.34 bits per heavy atom. The van der Waals surface area contributed by atoms with Crippen LogP contribution in [0.2, 0.25) is 0 Å². The quantitative estimate of drug-likeness (QED) is 0.251. The summed E-state index contributed by atoms with van der Waals surface area (Å²) in [5.74, 6) is -1.25. The molecule has 0 spiro atoms. The first-order valence-corrected chi connectivity index (χ1v) is 12.4. The lowest BCUT2D eigenvalue weighted by Gasteiger charge is -2.39. The van der Waals surface area contributed by atoms with E-state index in [1.54, 1.807) is 17.0 Å². The average molecular weight is 489 g/mol. The molecule has 35 heavy (non-hydrogen) atoms. The number of nitrogens with zero attached hydrogens (tertiary/aromatic N) is 2. The van der Waals surface area contributed by atoms with Crippen molar-refractivity contribution in [2.75, 3.05) is 19.6 Å². The maximum atomic E-state index is 13.5. The van der Waals surface area contributed by atoms with Crippen LogP contribution in [0.4, 0.5) is 0 Å². The van der Waals surface area contributed by atoms with Gasteiger partial charge in [0.05, 0.1) is 12.5 Å². The van der Waals surface area contributed by atoms with Crippen LogP contribution in [0.25, 0.3) is 0 Å². The zero-order valence-electron chi connectivity index (χ0n) is 21.3. The van der Waals surface area contributed by atoms with Gasteiger partial charge in [-0.3, -0.25) is 24.4 Å². The molecule has 9 heteroatoms. The number of nitrogens with one attached hydrogen (secondary N) is 2. The Labute approximate surface area is 208 Å². The third kappa shape index (κ3) is 8.65. The van der Waals surface area contributed by atoms with Gasteiger partial charge in [0, 0.05) is 24.7 Å². The molecule has 1 aliphatic heterocycles. The fourth-order valence-corrected chi connectivity index (χ4v) is 4.22. The second-order valence-corrected chi connectivity index (χ2v) is 10.3. The van der Waals surface area contributed by atoms with E-state index in [9.17, 15) is 24.4 Å². The molecule has 194 valence electrons. The average Bonchev–Trinajstić information content (AvgIpc) is 2.84. The first kappa shape index (κ1) is 28.3. The van der Waals surface area contributed by atoms with Crippen LogP contribution in [0.5, 0.6) is 0 Å². The van der Waals surface area contributed by atoms with Gasteiger partial charge in [-0.15, -0.1) is 0 Å². The second-order valence-electron chi connectivity index (χ2n) is 10.3. The Bertz CT molecular complexity index is 847. The van der Waals surface area contributed by atoms with E-state index in [0.717, 1.165) is 12.8 Å². The highest BCUT2D eigenvalue weighted by Crippen LogP contribution is 2.24. The summed E-state index contributed by atoms with van der Waals surface area (Å²) < 4.78 is 0. The smallest absolute Gasteiger partial charge is 0.251 e. The third-order valence-corrected chi connectivity index (χ3v) is 6.38. The molecule has 0 aromatic heterocycles. The standard InChI is InChI=1S/C26H40N4O5/c1-5-6-10-20(17-30(35)18-31)24(33)28-22(26(2,3)4)25(34)29-15-13-21(14-16-29)27-23(32)19-11-8-7-9-12-19/h7-9,11-12,18,20-22,35H,5-6,10,13-17H2,1-4H3,(H,27,32)(H,28,33)/t20-,22-/m1/s1. The monoisotopic (exact) mass is 488 g/mol. The Hall–Kier alpha value is -2.94. The van der Waals surface area contributed by atoms with Crippen molar-refractivity contribution >= 4 is 24.1 Å². The summed E-state index contributed by atoms with van der Waals surface area (Å²) in [4.78, 5) is 51.6. The number of amides is 4. The lowest BCUT2D eigenvalue weighted by atomic mass is 9.84. The second kappa shape index (κ2) is 13.2. The first-order chi connectivity index (χ1) is 16.6. The van der Waals surface area contributed by atoms with Gasteiger partial charge in [-0.1, -0.05) is 58.7 Å². The van der Waals surface area contributed by atoms with Crippen molar-refractivity contribution in [1.29, 1.82) is 0 Å². The predicted octanol–water partition coefficient (Wildman–Crippen LogP) is 2.59. The maximum absolute atomic E-state index is 13.5. The summed E-state index contributed by atoms with van der Waals surface area (Å²) in [7, 11) is 0. The predicted molar refractivity (Wildman–Crippen MR) is 132 cm³/mol. The van der Waals surface area contributed by atoms with Gasteiger partial charge in [-0.05, 0) is 36.8 Å². The minimum absolute atomic E-state index is 0.0215. The van der Waals surface area contributed by atoms with E-state index >= 15 is 0 Å². The highest BCUT2D eigenvalue weighted by atomic mass is 16.5. The van der Waals surface area contributed by atoms with Crippen LogP contribution < -0.4 is 10.6 Å². The molecular formula is C26H40N4O5. The lowest BCUT2D eigenvalue weighted by molar-refractivity contribution is -0.155. The minimum Gasteiger partial charge on any atom is -0.349 e. The number of carbonyl (C=O) groups is 4. The molecule has 0 saturated carbocycles. The number of hydrogen-bond acceptors (Lipinski definition) is 5. The molecule has 0 unspecified atom stereocenters. The van der Waals surface area contributed by atoms with Crippen molar-refractivity contribution in [2.24, 2.45) is 11.3 Å². The Kier molecular flexibility index (Phi) is 10.7. The van der Waals surface area contributed by atoms with Crippen LogP contribution in [-0.2, 0) is 14.4 Å². The Morgan fingerprint density at radius 1 is 1.17 bits per heavy atom. The van der Waals surface area contributed by atoms with Gasteiger partial charge in [0.25, 0.3) is 5.91 Å². The SMILES string of the molecule is CCCC[C@H](CN(O)C=O)C(=O)N[C@H](C(=O)N1CCC(NC(=O)c2ccccc2)CC1)C(C)(C)C. The summed E-state index contributed by atoms with van der Waals surface area (Å²) in [6.07, 6.45) is 3.68. The summed E-state index contributed by atoms with van der Waals surface area (Å²) >= 11 is 0. The lowest BCUT2D eigenvalue weighted by Crippen LogP contribution is -2.58. The van der Waals surface area contributed by atoms with Gasteiger partial charge in [0.1, 0.15) is 6.04 Å². The van der Waals surface area contributed by atoms with Gasteiger partial charge in [0.2, 0.25) is 18.2 Å². The minimum atomic E-state index is -0.752. The van der Waals surface area contributed by atoms with E-state index in [4.69, 9.17) is 0 Å². The van der Waals surface area contributed by atoms with Crippen molar-refractivity contribution < 1.29 is 24.4 Å². The molecule has 2 atom stereocenters. The molecule has 0 aliphatic carbocycles. The van der Waals surface area contributed by atoms with Gasteiger partial charge in [-0.25, -0.2) is 5.06 Å². The number of unbranched alkanes of at least 4 members (excludes halogenated alkanes) is 1. The molecular weight excluding hydrogens is 448 g/mol. The van der Waals surface area contributed by atoms with E-state index in [1.165, 1.54) is 0 Å². The number of benzene rings is 1. The first-order valence-electron chi connectivity index (χ1n) is 12.4. The Morgan fingerprint density at radius 2 is 1.80 bits per heavy atom. The molecule has 1 fully saturated rings. The third-order valence-electron chi connectivity index (χ3n) is 6.38. The van der Waals surface area contributed by atoms with Crippen molar-refractivity contribution in [3.05, 3.63) is 35.9 Å². The molecule has 1 aliphatic rings. The number of piperidine rings is 1. The summed E-state index contributed by atoms with van der Waals surface area (Å²) in [6, 6.07) is 8.26. The molecule has 1 saturated heterocycles. The van der Waals surface area contributed by atoms with E-state index in [2.05, 4.69) is 10.6 Å². The summed E-state index contributed by atoms with van der Waals surface area (Å²) in [5.41, 5.74) is 0.0689. The molecule has 2 rings (SSSR count). The number of likely N-dealkylation sites (tertiary alicyclic amines) is 1. The fourth-order valence-electron chi connectivity index (χ4n) is 4.22. The molecule has 3 N–H and O–H groups in total. The van der Waals surface area contributed by atoms with E-state index < -0.39 is 17.4 Å². The molecule has 0 radical (unpaired) electrons. The van der Waals surface area contributed by atoms with Gasteiger partial charge in [-0.2, -0.15) is 0 Å². The zero-order chi connectivity index (χ0) is 26.0. The highest BCUT2D eigenvalue weighted by Gasteiger charge is 2.38. The molecule has 1 aromatic rings. The van der Waals surface area contributed by atoms with Crippen molar-refractivity contribution in [3.8, 4) is 0 Å². The largest absolute Gasteiger partial charge is 0.349 e. The van der Waals surface area contributed by atoms with Crippen molar-refractivity contribution in [2.45, 2.75) is 71.9 Å². The van der Waals surface area contributed by atoms with E-state index in [-0.39, 0.29) is 36.7 Å².